The van der Waals surface area contributed by atoms with Crippen LogP contribution in [0.1, 0.15) is 0 Å². The number of benzene rings is 2. The van der Waals surface area contributed by atoms with Gasteiger partial charge in [-0.15, -0.1) is 0 Å². The van der Waals surface area contributed by atoms with E-state index >= 15 is 0 Å². The molecule has 0 atom stereocenters. The zero-order valence-corrected chi connectivity index (χ0v) is 12.2. The maximum atomic E-state index is 10.9. The number of carbonyl (C=O) groups is 1. The molecular formula is C13H8Cl3NO3. The lowest BCUT2D eigenvalue weighted by atomic mass is 10.3. The average molecular weight is 333 g/mol. The normalized spacial score (nSPS) is 10.2. The molecule has 7 heteroatoms. The highest BCUT2D eigenvalue weighted by Crippen LogP contribution is 2.37. The van der Waals surface area contributed by atoms with Crippen molar-refractivity contribution in [1.82, 2.24) is 0 Å². The van der Waals surface area contributed by atoms with E-state index < -0.39 is 6.09 Å². The van der Waals surface area contributed by atoms with E-state index in [-0.39, 0.29) is 11.5 Å². The molecule has 2 aromatic carbocycles. The zero-order valence-electron chi connectivity index (χ0n) is 9.90. The van der Waals surface area contributed by atoms with E-state index in [0.29, 0.717) is 20.8 Å². The van der Waals surface area contributed by atoms with Crippen LogP contribution in [-0.4, -0.2) is 6.09 Å². The van der Waals surface area contributed by atoms with Gasteiger partial charge in [-0.2, -0.15) is 0 Å². The summed E-state index contributed by atoms with van der Waals surface area (Å²) in [4.78, 5) is 10.9. The van der Waals surface area contributed by atoms with Crippen LogP contribution in [0, 0.1) is 0 Å². The minimum absolute atomic E-state index is 0.0935. The largest absolute Gasteiger partial charge is 0.452 e. The van der Waals surface area contributed by atoms with Crippen LogP contribution in [0.15, 0.2) is 36.4 Å². The first-order valence-corrected chi connectivity index (χ1v) is 6.49. The summed E-state index contributed by atoms with van der Waals surface area (Å²) in [5.74, 6) is 0.696. The van der Waals surface area contributed by atoms with Gasteiger partial charge < -0.3 is 15.2 Å². The van der Waals surface area contributed by atoms with E-state index in [1.165, 1.54) is 18.2 Å². The molecule has 0 aliphatic heterocycles. The van der Waals surface area contributed by atoms with Gasteiger partial charge in [0.25, 0.3) is 0 Å². The van der Waals surface area contributed by atoms with Crippen molar-refractivity contribution >= 4 is 40.9 Å². The Bertz CT molecular complexity index is 661. The number of halogens is 3. The second-order valence-corrected chi connectivity index (χ2v) is 4.97. The Kier molecular flexibility index (Phi) is 4.60. The molecule has 2 rings (SSSR count). The van der Waals surface area contributed by atoms with Crippen LogP contribution in [0.5, 0.6) is 17.2 Å². The van der Waals surface area contributed by atoms with Crippen LogP contribution in [0.2, 0.25) is 15.1 Å². The minimum atomic E-state index is -0.973. The van der Waals surface area contributed by atoms with Gasteiger partial charge in [-0.05, 0) is 30.3 Å². The molecule has 0 aromatic heterocycles. The third kappa shape index (κ3) is 3.70. The second kappa shape index (κ2) is 6.22. The number of primary amides is 1. The number of carbonyl (C=O) groups excluding carboxylic acids is 1. The molecule has 0 radical (unpaired) electrons. The second-order valence-electron chi connectivity index (χ2n) is 3.69. The smallest absolute Gasteiger partial charge is 0.410 e. The highest BCUT2D eigenvalue weighted by Gasteiger charge is 2.12. The maximum Gasteiger partial charge on any atom is 0.410 e. The first-order chi connectivity index (χ1) is 9.45. The van der Waals surface area contributed by atoms with Gasteiger partial charge in [-0.1, -0.05) is 34.8 Å². The Hall–Kier alpha value is -1.62. The molecular weight excluding hydrogens is 325 g/mol. The molecule has 0 saturated heterocycles. The molecule has 0 spiro atoms. The maximum absolute atomic E-state index is 10.9. The van der Waals surface area contributed by atoms with Crippen LogP contribution in [0.4, 0.5) is 4.79 Å². The lowest BCUT2D eigenvalue weighted by molar-refractivity contribution is 0.209. The molecule has 20 heavy (non-hydrogen) atoms. The van der Waals surface area contributed by atoms with Gasteiger partial charge in [0.2, 0.25) is 0 Å². The van der Waals surface area contributed by atoms with Crippen LogP contribution in [0.25, 0.3) is 0 Å². The number of hydrogen-bond acceptors (Lipinski definition) is 3. The Morgan fingerprint density at radius 3 is 2.10 bits per heavy atom. The summed E-state index contributed by atoms with van der Waals surface area (Å²) in [7, 11) is 0. The number of ether oxygens (including phenoxy) is 2. The molecule has 0 unspecified atom stereocenters. The van der Waals surface area contributed by atoms with Crippen LogP contribution >= 0.6 is 34.8 Å². The predicted octanol–water partition coefficient (Wildman–Crippen LogP) is 4.90. The SMILES string of the molecule is NC(=O)Oc1cc(Cl)ccc1Oc1ccc(Cl)cc1Cl. The molecule has 2 aromatic rings. The zero-order chi connectivity index (χ0) is 14.7. The molecule has 0 bridgehead atoms. The first kappa shape index (κ1) is 14.8. The summed E-state index contributed by atoms with van der Waals surface area (Å²) in [5.41, 5.74) is 4.98. The van der Waals surface area contributed by atoms with Crippen molar-refractivity contribution in [3.8, 4) is 17.2 Å². The summed E-state index contributed by atoms with van der Waals surface area (Å²) in [5, 5.41) is 1.17. The summed E-state index contributed by atoms with van der Waals surface area (Å²) >= 11 is 17.6. The molecule has 0 aliphatic carbocycles. The fraction of sp³-hybridized carbons (Fsp3) is 0. The fourth-order valence-corrected chi connectivity index (χ4v) is 2.04. The van der Waals surface area contributed by atoms with Gasteiger partial charge in [0.1, 0.15) is 5.75 Å². The molecule has 0 fully saturated rings. The van der Waals surface area contributed by atoms with Crippen LogP contribution < -0.4 is 15.2 Å². The van der Waals surface area contributed by atoms with Crippen LogP contribution in [-0.2, 0) is 0 Å². The Morgan fingerprint density at radius 2 is 1.50 bits per heavy atom. The van der Waals surface area contributed by atoms with E-state index in [1.54, 1.807) is 18.2 Å². The predicted molar refractivity (Wildman–Crippen MR) is 78.2 cm³/mol. The van der Waals surface area contributed by atoms with E-state index in [0.717, 1.165) is 0 Å². The number of rotatable bonds is 3. The molecule has 104 valence electrons. The Labute approximate surface area is 129 Å². The summed E-state index contributed by atoms with van der Waals surface area (Å²) < 4.78 is 10.4. The third-order valence-corrected chi connectivity index (χ3v) is 3.00. The van der Waals surface area contributed by atoms with Gasteiger partial charge in [0.15, 0.2) is 11.5 Å². The van der Waals surface area contributed by atoms with Crippen molar-refractivity contribution in [2.45, 2.75) is 0 Å². The van der Waals surface area contributed by atoms with Crippen molar-refractivity contribution in [3.05, 3.63) is 51.5 Å². The number of nitrogens with two attached hydrogens (primary N) is 1. The van der Waals surface area contributed by atoms with Crippen molar-refractivity contribution in [1.29, 1.82) is 0 Å². The van der Waals surface area contributed by atoms with E-state index in [4.69, 9.17) is 50.0 Å². The lowest BCUT2D eigenvalue weighted by Crippen LogP contribution is -2.16. The van der Waals surface area contributed by atoms with Crippen molar-refractivity contribution < 1.29 is 14.3 Å². The van der Waals surface area contributed by atoms with Gasteiger partial charge in [0.05, 0.1) is 5.02 Å². The molecule has 0 heterocycles. The van der Waals surface area contributed by atoms with Crippen molar-refractivity contribution in [2.75, 3.05) is 0 Å². The Balaban J connectivity index is 2.35. The van der Waals surface area contributed by atoms with Crippen molar-refractivity contribution in [2.24, 2.45) is 5.73 Å². The van der Waals surface area contributed by atoms with E-state index in [9.17, 15) is 4.79 Å². The van der Waals surface area contributed by atoms with Gasteiger partial charge >= 0.3 is 6.09 Å². The number of hydrogen-bond donors (Lipinski definition) is 1. The molecule has 0 aliphatic rings. The molecule has 0 saturated carbocycles. The van der Waals surface area contributed by atoms with Gasteiger partial charge in [-0.3, -0.25) is 0 Å². The van der Waals surface area contributed by atoms with Gasteiger partial charge in [-0.25, -0.2) is 4.79 Å². The Morgan fingerprint density at radius 1 is 0.900 bits per heavy atom. The lowest BCUT2D eigenvalue weighted by Gasteiger charge is -2.11. The molecule has 1 amide bonds. The summed E-state index contributed by atoms with van der Waals surface area (Å²) in [6, 6.07) is 9.26. The standard InChI is InChI=1S/C13H8Cl3NO3/c14-7-1-3-10(9(16)5-7)19-11-4-2-8(15)6-12(11)20-13(17)18/h1-6H,(H2,17,18). The molecule has 4 nitrogen and oxygen atoms in total. The van der Waals surface area contributed by atoms with Crippen molar-refractivity contribution in [3.63, 3.8) is 0 Å². The average Bonchev–Trinajstić information content (AvgIpc) is 2.34. The van der Waals surface area contributed by atoms with E-state index in [2.05, 4.69) is 0 Å². The fourth-order valence-electron chi connectivity index (χ4n) is 1.43. The number of amides is 1. The topological polar surface area (TPSA) is 61.6 Å². The summed E-state index contributed by atoms with van der Waals surface area (Å²) in [6.07, 6.45) is -0.973. The quantitative estimate of drug-likeness (QED) is 0.870. The van der Waals surface area contributed by atoms with E-state index in [1.807, 2.05) is 0 Å². The third-order valence-electron chi connectivity index (χ3n) is 2.23. The minimum Gasteiger partial charge on any atom is -0.452 e. The highest BCUT2D eigenvalue weighted by atomic mass is 35.5. The van der Waals surface area contributed by atoms with Gasteiger partial charge in [0, 0.05) is 16.1 Å². The van der Waals surface area contributed by atoms with Crippen LogP contribution in [0.3, 0.4) is 0 Å². The summed E-state index contributed by atoms with van der Waals surface area (Å²) in [6.45, 7) is 0. The molecule has 2 N–H and O–H groups in total. The monoisotopic (exact) mass is 331 g/mol. The first-order valence-electron chi connectivity index (χ1n) is 5.35. The highest BCUT2D eigenvalue weighted by molar-refractivity contribution is 6.35.